The molecule has 0 unspecified atom stereocenters. The fourth-order valence-electron chi connectivity index (χ4n) is 4.30. The number of amides is 1. The molecule has 0 saturated heterocycles. The Bertz CT molecular complexity index is 1490. The van der Waals surface area contributed by atoms with Gasteiger partial charge < -0.3 is 13.9 Å². The lowest BCUT2D eigenvalue weighted by Gasteiger charge is -2.25. The van der Waals surface area contributed by atoms with E-state index in [1.165, 1.54) is 4.90 Å². The van der Waals surface area contributed by atoms with Crippen molar-refractivity contribution in [3.8, 4) is 11.5 Å². The van der Waals surface area contributed by atoms with E-state index in [-0.39, 0.29) is 16.8 Å². The number of benzene rings is 2. The zero-order valence-corrected chi connectivity index (χ0v) is 19.5. The smallest absolute Gasteiger partial charge is 0.296 e. The lowest BCUT2D eigenvalue weighted by molar-refractivity contribution is 0.0970. The number of carbonyl (C=O) groups excluding carboxylic acids is 1. The van der Waals surface area contributed by atoms with Gasteiger partial charge in [-0.25, -0.2) is 4.98 Å². The van der Waals surface area contributed by atoms with Gasteiger partial charge in [-0.2, -0.15) is 0 Å². The van der Waals surface area contributed by atoms with Gasteiger partial charge in [-0.15, -0.1) is 0 Å². The lowest BCUT2D eigenvalue weighted by atomic mass is 9.98. The molecule has 176 valence electrons. The van der Waals surface area contributed by atoms with E-state index in [1.54, 1.807) is 54.7 Å². The Morgan fingerprint density at radius 1 is 1.09 bits per heavy atom. The Balaban J connectivity index is 1.74. The minimum atomic E-state index is -0.749. The van der Waals surface area contributed by atoms with Crippen LogP contribution in [0.4, 0.5) is 5.82 Å². The molecule has 1 atom stereocenters. The van der Waals surface area contributed by atoms with Gasteiger partial charge in [0.15, 0.2) is 16.9 Å². The third-order valence-corrected chi connectivity index (χ3v) is 5.86. The summed E-state index contributed by atoms with van der Waals surface area (Å²) in [6, 6.07) is 15.2. The van der Waals surface area contributed by atoms with Gasteiger partial charge in [0.1, 0.15) is 18.0 Å². The highest BCUT2D eigenvalue weighted by molar-refractivity contribution is 6.10. The van der Waals surface area contributed by atoms with Gasteiger partial charge in [-0.1, -0.05) is 36.9 Å². The second kappa shape index (κ2) is 9.10. The zero-order valence-electron chi connectivity index (χ0n) is 19.5. The van der Waals surface area contributed by atoms with Gasteiger partial charge in [0, 0.05) is 6.20 Å². The zero-order chi connectivity index (χ0) is 24.5. The maximum Gasteiger partial charge on any atom is 0.296 e. The molecular formula is C28H24N2O5. The molecule has 35 heavy (non-hydrogen) atoms. The predicted octanol–water partition coefficient (Wildman–Crippen LogP) is 5.21. The summed E-state index contributed by atoms with van der Waals surface area (Å²) in [7, 11) is 0. The number of aromatic nitrogens is 1. The number of rotatable bonds is 7. The first-order valence-corrected chi connectivity index (χ1v) is 11.4. The van der Waals surface area contributed by atoms with Crippen LogP contribution in [-0.2, 0) is 0 Å². The number of hydrogen-bond donors (Lipinski definition) is 0. The summed E-state index contributed by atoms with van der Waals surface area (Å²) in [5, 5.41) is 0.415. The molecule has 3 heterocycles. The Labute approximate surface area is 202 Å². The van der Waals surface area contributed by atoms with Gasteiger partial charge in [0.25, 0.3) is 5.91 Å². The molecular weight excluding hydrogens is 444 g/mol. The second-order valence-corrected chi connectivity index (χ2v) is 8.18. The molecule has 0 radical (unpaired) electrons. The number of fused-ring (bicyclic) bond motifs is 2. The first-order valence-electron chi connectivity index (χ1n) is 11.4. The van der Waals surface area contributed by atoms with Crippen LogP contribution in [-0.4, -0.2) is 24.1 Å². The Morgan fingerprint density at radius 2 is 1.91 bits per heavy atom. The molecule has 0 aliphatic carbocycles. The number of carbonyl (C=O) groups is 1. The topological polar surface area (TPSA) is 81.9 Å². The summed E-state index contributed by atoms with van der Waals surface area (Å²) in [6.45, 7) is 8.22. The average Bonchev–Trinajstić information content (AvgIpc) is 3.16. The molecule has 0 fully saturated rings. The first kappa shape index (κ1) is 22.4. The van der Waals surface area contributed by atoms with E-state index in [0.29, 0.717) is 47.1 Å². The quantitative estimate of drug-likeness (QED) is 0.346. The molecule has 0 spiro atoms. The standard InChI is InChI=1S/C28H24N2O5/c1-4-14-34-21-12-11-18(15-22(21)33-5-2)25-24-26(31)19-8-6-7-9-20(19)35-27(24)28(32)30(25)23-13-10-17(3)16-29-23/h4,6-13,15-16,25H,1,5,14H2,2-3H3/t25-/m1/s1. The summed E-state index contributed by atoms with van der Waals surface area (Å²) in [4.78, 5) is 33.3. The van der Waals surface area contributed by atoms with Crippen molar-refractivity contribution >= 4 is 22.7 Å². The lowest BCUT2D eigenvalue weighted by Crippen LogP contribution is -2.30. The molecule has 5 rings (SSSR count). The van der Waals surface area contributed by atoms with Gasteiger partial charge >= 0.3 is 0 Å². The Morgan fingerprint density at radius 3 is 2.66 bits per heavy atom. The van der Waals surface area contributed by atoms with Gasteiger partial charge in [0.05, 0.1) is 23.6 Å². The second-order valence-electron chi connectivity index (χ2n) is 8.18. The van der Waals surface area contributed by atoms with E-state index in [0.717, 1.165) is 5.56 Å². The van der Waals surface area contributed by atoms with Crippen molar-refractivity contribution in [2.24, 2.45) is 0 Å². The molecule has 2 aromatic heterocycles. The van der Waals surface area contributed by atoms with Crippen LogP contribution in [0.1, 0.15) is 40.2 Å². The maximum absolute atomic E-state index is 13.7. The Kier molecular flexibility index (Phi) is 5.82. The summed E-state index contributed by atoms with van der Waals surface area (Å²) in [5.41, 5.74) is 2.02. The minimum Gasteiger partial charge on any atom is -0.490 e. The third-order valence-electron chi connectivity index (χ3n) is 5.86. The van der Waals surface area contributed by atoms with E-state index >= 15 is 0 Å². The number of hydrogen-bond acceptors (Lipinski definition) is 6. The molecule has 1 amide bonds. The summed E-state index contributed by atoms with van der Waals surface area (Å²) >= 11 is 0. The largest absolute Gasteiger partial charge is 0.490 e. The molecule has 0 N–H and O–H groups in total. The van der Waals surface area contributed by atoms with Crippen molar-refractivity contribution in [1.82, 2.24) is 4.98 Å². The highest BCUT2D eigenvalue weighted by Gasteiger charge is 2.44. The van der Waals surface area contributed by atoms with Crippen LogP contribution in [0.25, 0.3) is 11.0 Å². The van der Waals surface area contributed by atoms with Crippen LogP contribution in [0.3, 0.4) is 0 Å². The first-order chi connectivity index (χ1) is 17.0. The average molecular weight is 469 g/mol. The monoisotopic (exact) mass is 468 g/mol. The maximum atomic E-state index is 13.7. The molecule has 1 aliphatic rings. The number of ether oxygens (including phenoxy) is 2. The normalized spacial score (nSPS) is 14.7. The van der Waals surface area contributed by atoms with Crippen LogP contribution in [0, 0.1) is 6.92 Å². The summed E-state index contributed by atoms with van der Waals surface area (Å²) in [6.07, 6.45) is 3.34. The highest BCUT2D eigenvalue weighted by atomic mass is 16.5. The molecule has 0 saturated carbocycles. The van der Waals surface area contributed by atoms with E-state index in [1.807, 2.05) is 26.0 Å². The molecule has 4 aromatic rings. The molecule has 2 aromatic carbocycles. The van der Waals surface area contributed by atoms with E-state index in [4.69, 9.17) is 13.9 Å². The number of nitrogens with zero attached hydrogens (tertiary/aromatic N) is 2. The van der Waals surface area contributed by atoms with Crippen molar-refractivity contribution in [3.63, 3.8) is 0 Å². The van der Waals surface area contributed by atoms with Crippen LogP contribution >= 0.6 is 0 Å². The Hall–Kier alpha value is -4.39. The highest BCUT2D eigenvalue weighted by Crippen LogP contribution is 2.42. The van der Waals surface area contributed by atoms with Gasteiger partial charge in [0.2, 0.25) is 5.76 Å². The van der Waals surface area contributed by atoms with Crippen molar-refractivity contribution in [3.05, 3.63) is 106 Å². The van der Waals surface area contributed by atoms with Crippen LogP contribution in [0.15, 0.2) is 82.7 Å². The van der Waals surface area contributed by atoms with Crippen molar-refractivity contribution < 1.29 is 18.7 Å². The number of pyridine rings is 1. The van der Waals surface area contributed by atoms with Gasteiger partial charge in [-0.3, -0.25) is 14.5 Å². The van der Waals surface area contributed by atoms with E-state index < -0.39 is 11.9 Å². The van der Waals surface area contributed by atoms with Crippen molar-refractivity contribution in [1.29, 1.82) is 0 Å². The van der Waals surface area contributed by atoms with E-state index in [2.05, 4.69) is 11.6 Å². The fourth-order valence-corrected chi connectivity index (χ4v) is 4.30. The summed E-state index contributed by atoms with van der Waals surface area (Å²) in [5.74, 6) is 1.07. The number of anilines is 1. The van der Waals surface area contributed by atoms with Crippen LogP contribution < -0.4 is 19.8 Å². The van der Waals surface area contributed by atoms with Crippen LogP contribution in [0.5, 0.6) is 11.5 Å². The number of para-hydroxylation sites is 1. The van der Waals surface area contributed by atoms with Gasteiger partial charge in [-0.05, 0) is 55.3 Å². The third kappa shape index (κ3) is 3.85. The predicted molar refractivity (Wildman–Crippen MR) is 133 cm³/mol. The summed E-state index contributed by atoms with van der Waals surface area (Å²) < 4.78 is 17.6. The van der Waals surface area contributed by atoms with E-state index in [9.17, 15) is 9.59 Å². The van der Waals surface area contributed by atoms with Crippen molar-refractivity contribution in [2.45, 2.75) is 19.9 Å². The molecule has 7 heteroatoms. The molecule has 0 bridgehead atoms. The minimum absolute atomic E-state index is 0.0195. The SMILES string of the molecule is C=CCOc1ccc([C@@H]2c3c(oc4ccccc4c3=O)C(=O)N2c2ccc(C)cn2)cc1OCC. The fraction of sp³-hybridized carbons (Fsp3) is 0.179. The molecule has 1 aliphatic heterocycles. The number of aryl methyl sites for hydroxylation is 1. The van der Waals surface area contributed by atoms with Crippen molar-refractivity contribution in [2.75, 3.05) is 18.1 Å². The molecule has 7 nitrogen and oxygen atoms in total. The van der Waals surface area contributed by atoms with Crippen LogP contribution in [0.2, 0.25) is 0 Å².